The molecule has 0 spiro atoms. The molecule has 1 saturated heterocycles. The highest BCUT2D eigenvalue weighted by atomic mass is 35.5. The quantitative estimate of drug-likeness (QED) is 0.715. The normalized spacial score (nSPS) is 16.6. The number of halogens is 1. The van der Waals surface area contributed by atoms with E-state index in [1.54, 1.807) is 6.92 Å². The summed E-state index contributed by atoms with van der Waals surface area (Å²) in [6.07, 6.45) is 3.96. The largest absolute Gasteiger partial charge is 0.383 e. The Balaban J connectivity index is 1.82. The fraction of sp³-hybridized carbons (Fsp3) is 0.700. The minimum absolute atomic E-state index is 0.0176. The van der Waals surface area contributed by atoms with Crippen molar-refractivity contribution >= 4 is 29.1 Å². The second kappa shape index (κ2) is 9.49. The van der Waals surface area contributed by atoms with Crippen LogP contribution in [0.2, 0.25) is 5.15 Å². The van der Waals surface area contributed by atoms with E-state index in [1.165, 1.54) is 0 Å². The van der Waals surface area contributed by atoms with Gasteiger partial charge in [0.05, 0.1) is 0 Å². The summed E-state index contributed by atoms with van der Waals surface area (Å²) in [4.78, 5) is 34.8. The smallest absolute Gasteiger partial charge is 0.225 e. The van der Waals surface area contributed by atoms with Gasteiger partial charge in [0.15, 0.2) is 0 Å². The number of aryl methyl sites for hydroxylation is 1. The number of ketones is 1. The SMILES string of the molecule is Cc1nc(N)c(CCC2CCN(C(=O)[C@H](C)CC(=O)C(C)C)CC2)c(Cl)n1. The maximum Gasteiger partial charge on any atom is 0.225 e. The van der Waals surface area contributed by atoms with Gasteiger partial charge in [0.1, 0.15) is 22.6 Å². The molecule has 7 heteroatoms. The minimum atomic E-state index is -0.236. The van der Waals surface area contributed by atoms with E-state index in [-0.39, 0.29) is 23.5 Å². The number of nitrogens with two attached hydrogens (primary N) is 1. The molecule has 0 radical (unpaired) electrons. The Bertz CT molecular complexity index is 662. The topological polar surface area (TPSA) is 89.2 Å². The molecule has 0 aliphatic carbocycles. The first kappa shape index (κ1) is 21.6. The second-order valence-electron chi connectivity index (χ2n) is 7.96. The lowest BCUT2D eigenvalue weighted by Crippen LogP contribution is -2.41. The van der Waals surface area contributed by atoms with Crippen molar-refractivity contribution in [2.45, 2.75) is 59.8 Å². The molecule has 0 bridgehead atoms. The summed E-state index contributed by atoms with van der Waals surface area (Å²) in [6, 6.07) is 0. The predicted molar refractivity (Wildman–Crippen MR) is 107 cm³/mol. The highest BCUT2D eigenvalue weighted by molar-refractivity contribution is 6.30. The third-order valence-corrected chi connectivity index (χ3v) is 5.71. The average molecular weight is 395 g/mol. The van der Waals surface area contributed by atoms with E-state index >= 15 is 0 Å². The molecule has 6 nitrogen and oxygen atoms in total. The van der Waals surface area contributed by atoms with Gasteiger partial charge in [-0.1, -0.05) is 32.4 Å². The fourth-order valence-corrected chi connectivity index (χ4v) is 3.85. The number of likely N-dealkylation sites (tertiary alicyclic amines) is 1. The van der Waals surface area contributed by atoms with Crippen LogP contribution in [0.5, 0.6) is 0 Å². The third kappa shape index (κ3) is 5.89. The first-order valence-electron chi connectivity index (χ1n) is 9.79. The number of nitrogens with zero attached hydrogens (tertiary/aromatic N) is 3. The van der Waals surface area contributed by atoms with Crippen LogP contribution in [0, 0.1) is 24.7 Å². The highest BCUT2D eigenvalue weighted by Crippen LogP contribution is 2.27. The number of carbonyl (C=O) groups is 2. The molecule has 1 aliphatic rings. The van der Waals surface area contributed by atoms with E-state index in [4.69, 9.17) is 17.3 Å². The second-order valence-corrected chi connectivity index (χ2v) is 8.32. The molecule has 1 atom stereocenters. The maximum atomic E-state index is 12.6. The molecule has 0 saturated carbocycles. The molecule has 2 heterocycles. The summed E-state index contributed by atoms with van der Waals surface area (Å²) in [6.45, 7) is 8.88. The lowest BCUT2D eigenvalue weighted by molar-refractivity contribution is -0.139. The minimum Gasteiger partial charge on any atom is -0.383 e. The van der Waals surface area contributed by atoms with E-state index in [0.717, 1.165) is 44.3 Å². The van der Waals surface area contributed by atoms with Gasteiger partial charge >= 0.3 is 0 Å². The van der Waals surface area contributed by atoms with Gasteiger partial charge in [-0.2, -0.15) is 0 Å². The molecule has 2 N–H and O–H groups in total. The summed E-state index contributed by atoms with van der Waals surface area (Å²) < 4.78 is 0. The molecular weight excluding hydrogens is 364 g/mol. The number of rotatable bonds is 7. The van der Waals surface area contributed by atoms with Crippen molar-refractivity contribution in [1.29, 1.82) is 0 Å². The lowest BCUT2D eigenvalue weighted by atomic mass is 9.89. The van der Waals surface area contributed by atoms with Crippen LogP contribution in [-0.2, 0) is 16.0 Å². The van der Waals surface area contributed by atoms with Gasteiger partial charge in [-0.25, -0.2) is 9.97 Å². The van der Waals surface area contributed by atoms with Crippen molar-refractivity contribution in [2.24, 2.45) is 17.8 Å². The molecule has 1 amide bonds. The van der Waals surface area contributed by atoms with Crippen molar-refractivity contribution in [3.8, 4) is 0 Å². The maximum absolute atomic E-state index is 12.6. The molecule has 1 aliphatic heterocycles. The zero-order valence-corrected chi connectivity index (χ0v) is 17.6. The van der Waals surface area contributed by atoms with Crippen LogP contribution in [0.15, 0.2) is 0 Å². The van der Waals surface area contributed by atoms with Crippen molar-refractivity contribution in [3.63, 3.8) is 0 Å². The van der Waals surface area contributed by atoms with Crippen LogP contribution in [-0.4, -0.2) is 39.6 Å². The van der Waals surface area contributed by atoms with Crippen LogP contribution in [0.3, 0.4) is 0 Å². The van der Waals surface area contributed by atoms with Crippen molar-refractivity contribution in [2.75, 3.05) is 18.8 Å². The van der Waals surface area contributed by atoms with E-state index in [2.05, 4.69) is 9.97 Å². The summed E-state index contributed by atoms with van der Waals surface area (Å²) in [5.41, 5.74) is 6.80. The molecule has 1 aromatic rings. The predicted octanol–water partition coefficient (Wildman–Crippen LogP) is 3.44. The molecule has 1 fully saturated rings. The van der Waals surface area contributed by atoms with E-state index in [0.29, 0.717) is 29.1 Å². The van der Waals surface area contributed by atoms with Gasteiger partial charge in [0.2, 0.25) is 5.91 Å². The number of aromatic nitrogens is 2. The Morgan fingerprint density at radius 3 is 2.41 bits per heavy atom. The Kier molecular flexibility index (Phi) is 7.59. The Morgan fingerprint density at radius 2 is 1.85 bits per heavy atom. The molecule has 0 unspecified atom stereocenters. The molecule has 2 rings (SSSR count). The molecule has 27 heavy (non-hydrogen) atoms. The highest BCUT2D eigenvalue weighted by Gasteiger charge is 2.27. The first-order chi connectivity index (χ1) is 12.7. The van der Waals surface area contributed by atoms with Gasteiger partial charge in [-0.05, 0) is 38.5 Å². The zero-order chi connectivity index (χ0) is 20.1. The van der Waals surface area contributed by atoms with Crippen LogP contribution in [0.25, 0.3) is 0 Å². The van der Waals surface area contributed by atoms with E-state index in [1.807, 2.05) is 25.7 Å². The number of hydrogen-bond donors (Lipinski definition) is 1. The standard InChI is InChI=1S/C20H31ClN4O2/c1-12(2)17(26)11-13(3)20(27)25-9-7-15(8-10-25)5-6-16-18(21)23-14(4)24-19(16)22/h12-13,15H,5-11H2,1-4H3,(H2,22,23,24)/t13-/m1/s1. The summed E-state index contributed by atoms with van der Waals surface area (Å²) in [5, 5.41) is 0.441. The van der Waals surface area contributed by atoms with Crippen molar-refractivity contribution in [1.82, 2.24) is 14.9 Å². The lowest BCUT2D eigenvalue weighted by Gasteiger charge is -2.33. The van der Waals surface area contributed by atoms with Crippen LogP contribution >= 0.6 is 11.6 Å². The number of anilines is 1. The number of piperidine rings is 1. The Morgan fingerprint density at radius 1 is 1.22 bits per heavy atom. The Hall–Kier alpha value is -1.69. The van der Waals surface area contributed by atoms with E-state index in [9.17, 15) is 9.59 Å². The fourth-order valence-electron chi connectivity index (χ4n) is 3.54. The van der Waals surface area contributed by atoms with E-state index < -0.39 is 0 Å². The van der Waals surface area contributed by atoms with Crippen LogP contribution in [0.4, 0.5) is 5.82 Å². The zero-order valence-electron chi connectivity index (χ0n) is 16.8. The number of amides is 1. The molecule has 1 aromatic heterocycles. The van der Waals surface area contributed by atoms with Crippen LogP contribution in [0.1, 0.15) is 57.8 Å². The molecule has 150 valence electrons. The van der Waals surface area contributed by atoms with Gasteiger partial charge in [0.25, 0.3) is 0 Å². The van der Waals surface area contributed by atoms with Gasteiger partial charge in [-0.15, -0.1) is 0 Å². The van der Waals surface area contributed by atoms with Gasteiger partial charge in [-0.3, -0.25) is 9.59 Å². The third-order valence-electron chi connectivity index (χ3n) is 5.40. The number of nitrogen functional groups attached to an aromatic ring is 1. The molecule has 0 aromatic carbocycles. The number of carbonyl (C=O) groups excluding carboxylic acids is 2. The van der Waals surface area contributed by atoms with Crippen LogP contribution < -0.4 is 5.73 Å². The summed E-state index contributed by atoms with van der Waals surface area (Å²) >= 11 is 6.20. The van der Waals surface area contributed by atoms with Gasteiger partial charge < -0.3 is 10.6 Å². The van der Waals surface area contributed by atoms with Gasteiger partial charge in [0, 0.05) is 36.9 Å². The van der Waals surface area contributed by atoms with Crippen molar-refractivity contribution in [3.05, 3.63) is 16.5 Å². The summed E-state index contributed by atoms with van der Waals surface area (Å²) in [7, 11) is 0. The number of Topliss-reactive ketones (excluding diaryl/α,β-unsaturated/α-hetero) is 1. The molecular formula is C20H31ClN4O2. The summed E-state index contributed by atoms with van der Waals surface area (Å²) in [5.74, 6) is 1.57. The van der Waals surface area contributed by atoms with Crippen molar-refractivity contribution < 1.29 is 9.59 Å². The first-order valence-corrected chi connectivity index (χ1v) is 10.2. The number of hydrogen-bond acceptors (Lipinski definition) is 5. The monoisotopic (exact) mass is 394 g/mol. The average Bonchev–Trinajstić information content (AvgIpc) is 2.60. The Labute approximate surface area is 166 Å².